The lowest BCUT2D eigenvalue weighted by Crippen LogP contribution is -2.36. The lowest BCUT2D eigenvalue weighted by molar-refractivity contribution is 0.374. The summed E-state index contributed by atoms with van der Waals surface area (Å²) >= 11 is 0. The highest BCUT2D eigenvalue weighted by molar-refractivity contribution is 4.96. The highest BCUT2D eigenvalue weighted by Crippen LogP contribution is 2.44. The van der Waals surface area contributed by atoms with Gasteiger partial charge >= 0.3 is 0 Å². The van der Waals surface area contributed by atoms with Gasteiger partial charge in [-0.05, 0) is 62.8 Å². The van der Waals surface area contributed by atoms with E-state index in [0.717, 1.165) is 23.8 Å². The summed E-state index contributed by atoms with van der Waals surface area (Å²) in [5, 5.41) is 3.89. The fraction of sp³-hybridized carbons (Fsp3) is 1.00. The van der Waals surface area contributed by atoms with Gasteiger partial charge in [0.1, 0.15) is 0 Å². The van der Waals surface area contributed by atoms with Gasteiger partial charge in [0, 0.05) is 6.04 Å². The average molecular weight is 193 g/mol. The molecule has 14 heavy (non-hydrogen) atoms. The van der Waals surface area contributed by atoms with E-state index in [9.17, 15) is 0 Å². The topological polar surface area (TPSA) is 12.0 Å². The standard InChI is InChI=1S/C13H23N/c1-2-4-10(3-1)9-14-13(11-5-6-11)12-7-8-12/h10-14H,1-9H2. The van der Waals surface area contributed by atoms with Crippen molar-refractivity contribution < 1.29 is 0 Å². The molecule has 80 valence electrons. The van der Waals surface area contributed by atoms with Gasteiger partial charge in [0.2, 0.25) is 0 Å². The van der Waals surface area contributed by atoms with Crippen LogP contribution in [0.5, 0.6) is 0 Å². The van der Waals surface area contributed by atoms with Crippen molar-refractivity contribution in [3.63, 3.8) is 0 Å². The number of rotatable bonds is 5. The van der Waals surface area contributed by atoms with Crippen molar-refractivity contribution in [2.24, 2.45) is 17.8 Å². The molecule has 3 saturated carbocycles. The van der Waals surface area contributed by atoms with Crippen LogP contribution in [0.2, 0.25) is 0 Å². The van der Waals surface area contributed by atoms with Gasteiger partial charge in [0.25, 0.3) is 0 Å². The van der Waals surface area contributed by atoms with Crippen molar-refractivity contribution in [3.8, 4) is 0 Å². The summed E-state index contributed by atoms with van der Waals surface area (Å²) in [6, 6.07) is 0.926. The first kappa shape index (κ1) is 9.21. The second kappa shape index (κ2) is 3.84. The van der Waals surface area contributed by atoms with Crippen LogP contribution >= 0.6 is 0 Å². The predicted octanol–water partition coefficient (Wildman–Crippen LogP) is 2.95. The molecule has 0 radical (unpaired) electrons. The Kier molecular flexibility index (Phi) is 2.53. The lowest BCUT2D eigenvalue weighted by atomic mass is 10.0. The summed E-state index contributed by atoms with van der Waals surface area (Å²) < 4.78 is 0. The molecule has 0 amide bonds. The third-order valence-electron chi connectivity index (χ3n) is 4.38. The van der Waals surface area contributed by atoms with E-state index in [2.05, 4.69) is 5.32 Å². The van der Waals surface area contributed by atoms with Crippen LogP contribution in [0.3, 0.4) is 0 Å². The monoisotopic (exact) mass is 193 g/mol. The van der Waals surface area contributed by atoms with E-state index >= 15 is 0 Å². The molecule has 1 nitrogen and oxygen atoms in total. The van der Waals surface area contributed by atoms with E-state index in [0.29, 0.717) is 0 Å². The van der Waals surface area contributed by atoms with E-state index < -0.39 is 0 Å². The number of hydrogen-bond acceptors (Lipinski definition) is 1. The van der Waals surface area contributed by atoms with Crippen molar-refractivity contribution in [2.75, 3.05) is 6.54 Å². The average Bonchev–Trinajstić information content (AvgIpc) is 3.09. The SMILES string of the molecule is C1CCC(CNC(C2CC2)C2CC2)C1. The maximum atomic E-state index is 3.89. The molecule has 3 aliphatic rings. The summed E-state index contributed by atoms with van der Waals surface area (Å²) in [5.74, 6) is 3.17. The summed E-state index contributed by atoms with van der Waals surface area (Å²) in [6.07, 6.45) is 12.0. The molecule has 0 unspecified atom stereocenters. The first-order valence-corrected chi connectivity index (χ1v) is 6.67. The van der Waals surface area contributed by atoms with E-state index in [-0.39, 0.29) is 0 Å². The molecule has 0 aromatic heterocycles. The molecule has 3 fully saturated rings. The largest absolute Gasteiger partial charge is 0.313 e. The van der Waals surface area contributed by atoms with Crippen LogP contribution in [-0.4, -0.2) is 12.6 Å². The molecule has 0 heterocycles. The molecule has 3 aliphatic carbocycles. The fourth-order valence-corrected chi connectivity index (χ4v) is 3.15. The highest BCUT2D eigenvalue weighted by Gasteiger charge is 2.41. The molecule has 0 aliphatic heterocycles. The minimum atomic E-state index is 0.926. The molecule has 1 N–H and O–H groups in total. The van der Waals surface area contributed by atoms with Gasteiger partial charge in [-0.25, -0.2) is 0 Å². The Morgan fingerprint density at radius 1 is 0.857 bits per heavy atom. The minimum Gasteiger partial charge on any atom is -0.313 e. The molecule has 0 saturated heterocycles. The summed E-state index contributed by atoms with van der Waals surface area (Å²) in [5.41, 5.74) is 0. The summed E-state index contributed by atoms with van der Waals surface area (Å²) in [6.45, 7) is 1.33. The second-order valence-electron chi connectivity index (χ2n) is 5.76. The van der Waals surface area contributed by atoms with Crippen LogP contribution < -0.4 is 5.32 Å². The van der Waals surface area contributed by atoms with Crippen molar-refractivity contribution >= 4 is 0 Å². The Labute approximate surface area is 87.7 Å². The van der Waals surface area contributed by atoms with Gasteiger partial charge in [-0.3, -0.25) is 0 Å². The molecule has 0 aromatic rings. The lowest BCUT2D eigenvalue weighted by Gasteiger charge is -2.20. The summed E-state index contributed by atoms with van der Waals surface area (Å²) in [7, 11) is 0. The Balaban J connectivity index is 1.44. The Morgan fingerprint density at radius 2 is 1.43 bits per heavy atom. The van der Waals surface area contributed by atoms with Crippen LogP contribution in [0.1, 0.15) is 51.4 Å². The second-order valence-corrected chi connectivity index (χ2v) is 5.76. The zero-order chi connectivity index (χ0) is 9.38. The van der Waals surface area contributed by atoms with Crippen molar-refractivity contribution in [2.45, 2.75) is 57.4 Å². The van der Waals surface area contributed by atoms with Crippen LogP contribution in [0.4, 0.5) is 0 Å². The zero-order valence-electron chi connectivity index (χ0n) is 9.17. The normalized spacial score (nSPS) is 28.9. The summed E-state index contributed by atoms with van der Waals surface area (Å²) in [4.78, 5) is 0. The van der Waals surface area contributed by atoms with Crippen LogP contribution in [0, 0.1) is 17.8 Å². The maximum Gasteiger partial charge on any atom is 0.0124 e. The van der Waals surface area contributed by atoms with Crippen molar-refractivity contribution in [1.29, 1.82) is 0 Å². The van der Waals surface area contributed by atoms with E-state index in [4.69, 9.17) is 0 Å². The molecular weight excluding hydrogens is 170 g/mol. The molecule has 3 rings (SSSR count). The van der Waals surface area contributed by atoms with Crippen LogP contribution in [0.15, 0.2) is 0 Å². The van der Waals surface area contributed by atoms with Gasteiger partial charge in [0.05, 0.1) is 0 Å². The third-order valence-corrected chi connectivity index (χ3v) is 4.38. The molecule has 0 spiro atoms. The van der Waals surface area contributed by atoms with E-state index in [1.807, 2.05) is 0 Å². The van der Waals surface area contributed by atoms with Gasteiger partial charge in [-0.2, -0.15) is 0 Å². The van der Waals surface area contributed by atoms with Gasteiger partial charge in [-0.15, -0.1) is 0 Å². The minimum absolute atomic E-state index is 0.926. The Morgan fingerprint density at radius 3 is 1.93 bits per heavy atom. The van der Waals surface area contributed by atoms with Crippen LogP contribution in [-0.2, 0) is 0 Å². The van der Waals surface area contributed by atoms with Crippen molar-refractivity contribution in [1.82, 2.24) is 5.32 Å². The zero-order valence-corrected chi connectivity index (χ0v) is 9.17. The van der Waals surface area contributed by atoms with Crippen molar-refractivity contribution in [3.05, 3.63) is 0 Å². The number of nitrogens with one attached hydrogen (secondary N) is 1. The van der Waals surface area contributed by atoms with Gasteiger partial charge in [-0.1, -0.05) is 12.8 Å². The third kappa shape index (κ3) is 2.13. The quantitative estimate of drug-likeness (QED) is 0.708. The smallest absolute Gasteiger partial charge is 0.0124 e. The van der Waals surface area contributed by atoms with Gasteiger partial charge < -0.3 is 5.32 Å². The van der Waals surface area contributed by atoms with E-state index in [1.165, 1.54) is 57.9 Å². The van der Waals surface area contributed by atoms with Gasteiger partial charge in [0.15, 0.2) is 0 Å². The van der Waals surface area contributed by atoms with Crippen LogP contribution in [0.25, 0.3) is 0 Å². The first-order chi connectivity index (χ1) is 6.93. The number of hydrogen-bond donors (Lipinski definition) is 1. The fourth-order valence-electron chi connectivity index (χ4n) is 3.15. The molecule has 0 bridgehead atoms. The highest BCUT2D eigenvalue weighted by atomic mass is 14.9. The first-order valence-electron chi connectivity index (χ1n) is 6.67. The van der Waals surface area contributed by atoms with E-state index in [1.54, 1.807) is 0 Å². The molecule has 0 atom stereocenters. The Hall–Kier alpha value is -0.0400. The predicted molar refractivity (Wildman–Crippen MR) is 59.2 cm³/mol. The molecule has 0 aromatic carbocycles. The Bertz CT molecular complexity index is 175. The molecular formula is C13H23N. The molecule has 1 heteroatoms. The maximum absolute atomic E-state index is 3.89.